The van der Waals surface area contributed by atoms with Gasteiger partial charge in [0, 0.05) is 25.7 Å². The Morgan fingerprint density at radius 3 is 2.75 bits per heavy atom. The van der Waals surface area contributed by atoms with Gasteiger partial charge in [-0.25, -0.2) is 4.79 Å². The summed E-state index contributed by atoms with van der Waals surface area (Å²) in [4.78, 5) is 13.6. The minimum Gasteiger partial charge on any atom is -0.338 e. The maximum atomic E-state index is 11.7. The van der Waals surface area contributed by atoms with E-state index in [0.29, 0.717) is 6.04 Å². The predicted molar refractivity (Wildman–Crippen MR) is 64.5 cm³/mol. The monoisotopic (exact) mass is 225 g/mol. The van der Waals surface area contributed by atoms with Gasteiger partial charge in [0.05, 0.1) is 0 Å². The third-order valence-electron chi connectivity index (χ3n) is 3.57. The Hall–Kier alpha value is -0.770. The molecule has 0 aromatic heterocycles. The first-order valence-corrected chi connectivity index (χ1v) is 6.62. The summed E-state index contributed by atoms with van der Waals surface area (Å²) in [6, 6.07) is 0.751. The van der Waals surface area contributed by atoms with Crippen LogP contribution in [0.1, 0.15) is 38.5 Å². The molecule has 0 aromatic carbocycles. The highest BCUT2D eigenvalue weighted by Crippen LogP contribution is 2.10. The van der Waals surface area contributed by atoms with E-state index in [1.54, 1.807) is 0 Å². The van der Waals surface area contributed by atoms with Crippen molar-refractivity contribution >= 4 is 6.03 Å². The number of carbonyl (C=O) groups excluding carboxylic acids is 1. The van der Waals surface area contributed by atoms with Gasteiger partial charge in [0.1, 0.15) is 0 Å². The van der Waals surface area contributed by atoms with Gasteiger partial charge in [0.2, 0.25) is 0 Å². The molecule has 1 unspecified atom stereocenters. The average Bonchev–Trinajstić information content (AvgIpc) is 2.84. The van der Waals surface area contributed by atoms with Crippen LogP contribution in [0.15, 0.2) is 0 Å². The van der Waals surface area contributed by atoms with Gasteiger partial charge in [-0.15, -0.1) is 0 Å². The molecule has 16 heavy (non-hydrogen) atoms. The van der Waals surface area contributed by atoms with Gasteiger partial charge in [0.15, 0.2) is 0 Å². The Kier molecular flexibility index (Phi) is 4.45. The summed E-state index contributed by atoms with van der Waals surface area (Å²) in [5.74, 6) is 0. The molecule has 0 bridgehead atoms. The third-order valence-corrected chi connectivity index (χ3v) is 3.57. The molecule has 2 N–H and O–H groups in total. The second kappa shape index (κ2) is 6.09. The highest BCUT2D eigenvalue weighted by molar-refractivity contribution is 5.74. The molecule has 2 saturated heterocycles. The molecule has 2 rings (SSSR count). The number of nitrogens with one attached hydrogen (secondary N) is 2. The summed E-state index contributed by atoms with van der Waals surface area (Å²) in [5.41, 5.74) is 0. The number of urea groups is 1. The van der Waals surface area contributed by atoms with Crippen molar-refractivity contribution in [2.45, 2.75) is 44.6 Å². The highest BCUT2D eigenvalue weighted by atomic mass is 16.2. The summed E-state index contributed by atoms with van der Waals surface area (Å²) in [5, 5.41) is 6.52. The summed E-state index contributed by atoms with van der Waals surface area (Å²) in [6.45, 7) is 3.83. The molecule has 0 aliphatic carbocycles. The maximum Gasteiger partial charge on any atom is 0.317 e. The van der Waals surface area contributed by atoms with Crippen molar-refractivity contribution in [3.8, 4) is 0 Å². The van der Waals surface area contributed by atoms with Crippen LogP contribution in [-0.2, 0) is 0 Å². The number of amides is 2. The molecule has 2 heterocycles. The second-order valence-electron chi connectivity index (χ2n) is 4.86. The maximum absolute atomic E-state index is 11.7. The first-order chi connectivity index (χ1) is 7.86. The summed E-state index contributed by atoms with van der Waals surface area (Å²) < 4.78 is 0. The standard InChI is InChI=1S/C12H23N3O/c16-12(15-9-3-4-10-15)14-8-6-11-5-1-2-7-13-11/h11,13H,1-10H2,(H,14,16). The molecule has 1 atom stereocenters. The molecule has 2 fully saturated rings. The van der Waals surface area contributed by atoms with Gasteiger partial charge in [-0.05, 0) is 38.6 Å². The largest absolute Gasteiger partial charge is 0.338 e. The lowest BCUT2D eigenvalue weighted by molar-refractivity contribution is 0.208. The average molecular weight is 225 g/mol. The fraction of sp³-hybridized carbons (Fsp3) is 0.917. The number of carbonyl (C=O) groups is 1. The van der Waals surface area contributed by atoms with Crippen LogP contribution in [0.25, 0.3) is 0 Å². The van der Waals surface area contributed by atoms with Crippen LogP contribution in [0.3, 0.4) is 0 Å². The molecule has 2 aliphatic heterocycles. The highest BCUT2D eigenvalue weighted by Gasteiger charge is 2.18. The van der Waals surface area contributed by atoms with E-state index >= 15 is 0 Å². The lowest BCUT2D eigenvalue weighted by Gasteiger charge is -2.24. The molecule has 2 aliphatic rings. The van der Waals surface area contributed by atoms with E-state index in [1.807, 2.05) is 4.90 Å². The molecule has 0 aromatic rings. The van der Waals surface area contributed by atoms with Crippen LogP contribution >= 0.6 is 0 Å². The molecule has 0 radical (unpaired) electrons. The van der Waals surface area contributed by atoms with Crippen LogP contribution < -0.4 is 10.6 Å². The Balaban J connectivity index is 1.57. The van der Waals surface area contributed by atoms with Gasteiger partial charge in [-0.1, -0.05) is 6.42 Å². The van der Waals surface area contributed by atoms with Gasteiger partial charge in [0.25, 0.3) is 0 Å². The fourth-order valence-corrected chi connectivity index (χ4v) is 2.56. The number of hydrogen-bond acceptors (Lipinski definition) is 2. The minimum atomic E-state index is 0.133. The number of likely N-dealkylation sites (tertiary alicyclic amines) is 1. The van der Waals surface area contributed by atoms with E-state index in [2.05, 4.69) is 10.6 Å². The van der Waals surface area contributed by atoms with E-state index in [0.717, 1.165) is 45.4 Å². The predicted octanol–water partition coefficient (Wildman–Crippen LogP) is 1.32. The van der Waals surface area contributed by atoms with Crippen molar-refractivity contribution in [1.29, 1.82) is 0 Å². The van der Waals surface area contributed by atoms with Crippen molar-refractivity contribution < 1.29 is 4.79 Å². The molecule has 0 spiro atoms. The quantitative estimate of drug-likeness (QED) is 0.761. The van der Waals surface area contributed by atoms with Gasteiger partial charge >= 0.3 is 6.03 Å². The van der Waals surface area contributed by atoms with Crippen LogP contribution in [0.4, 0.5) is 4.79 Å². The lowest BCUT2D eigenvalue weighted by atomic mass is 10.0. The second-order valence-corrected chi connectivity index (χ2v) is 4.86. The lowest BCUT2D eigenvalue weighted by Crippen LogP contribution is -2.41. The fourth-order valence-electron chi connectivity index (χ4n) is 2.56. The van der Waals surface area contributed by atoms with E-state index in [1.165, 1.54) is 19.3 Å². The normalized spacial score (nSPS) is 25.8. The number of rotatable bonds is 3. The molecular weight excluding hydrogens is 202 g/mol. The van der Waals surface area contributed by atoms with Crippen LogP contribution in [0, 0.1) is 0 Å². The van der Waals surface area contributed by atoms with E-state index in [-0.39, 0.29) is 6.03 Å². The zero-order valence-corrected chi connectivity index (χ0v) is 10.0. The van der Waals surface area contributed by atoms with E-state index < -0.39 is 0 Å². The zero-order valence-electron chi connectivity index (χ0n) is 10.0. The summed E-state index contributed by atoms with van der Waals surface area (Å²) >= 11 is 0. The summed E-state index contributed by atoms with van der Waals surface area (Å²) in [7, 11) is 0. The topological polar surface area (TPSA) is 44.4 Å². The summed E-state index contributed by atoms with van der Waals surface area (Å²) in [6.07, 6.45) is 7.29. The molecule has 4 nitrogen and oxygen atoms in total. The molecular formula is C12H23N3O. The van der Waals surface area contributed by atoms with Gasteiger partial charge in [-0.3, -0.25) is 0 Å². The van der Waals surface area contributed by atoms with Crippen LogP contribution in [0.5, 0.6) is 0 Å². The molecule has 4 heteroatoms. The molecule has 92 valence electrons. The number of piperidine rings is 1. The van der Waals surface area contributed by atoms with Crippen LogP contribution in [-0.4, -0.2) is 43.2 Å². The van der Waals surface area contributed by atoms with Crippen LogP contribution in [0.2, 0.25) is 0 Å². The Bertz CT molecular complexity index is 220. The Labute approximate surface area is 97.8 Å². The number of hydrogen-bond donors (Lipinski definition) is 2. The van der Waals surface area contributed by atoms with Gasteiger partial charge in [-0.2, -0.15) is 0 Å². The Morgan fingerprint density at radius 1 is 1.25 bits per heavy atom. The Morgan fingerprint density at radius 2 is 2.06 bits per heavy atom. The smallest absolute Gasteiger partial charge is 0.317 e. The van der Waals surface area contributed by atoms with E-state index in [4.69, 9.17) is 0 Å². The number of nitrogens with zero attached hydrogens (tertiary/aromatic N) is 1. The third kappa shape index (κ3) is 3.37. The first kappa shape index (κ1) is 11.7. The van der Waals surface area contributed by atoms with Gasteiger partial charge < -0.3 is 15.5 Å². The minimum absolute atomic E-state index is 0.133. The molecule has 2 amide bonds. The van der Waals surface area contributed by atoms with Crippen molar-refractivity contribution in [2.75, 3.05) is 26.2 Å². The van der Waals surface area contributed by atoms with Crippen molar-refractivity contribution in [3.05, 3.63) is 0 Å². The van der Waals surface area contributed by atoms with Crippen molar-refractivity contribution in [2.24, 2.45) is 0 Å². The first-order valence-electron chi connectivity index (χ1n) is 6.62. The van der Waals surface area contributed by atoms with E-state index in [9.17, 15) is 4.79 Å². The zero-order chi connectivity index (χ0) is 11.2. The SMILES string of the molecule is O=C(NCCC1CCCCN1)N1CCCC1. The van der Waals surface area contributed by atoms with Crippen molar-refractivity contribution in [1.82, 2.24) is 15.5 Å². The molecule has 0 saturated carbocycles. The van der Waals surface area contributed by atoms with Crippen molar-refractivity contribution in [3.63, 3.8) is 0 Å².